The van der Waals surface area contributed by atoms with E-state index in [9.17, 15) is 14.4 Å². The van der Waals surface area contributed by atoms with Gasteiger partial charge in [0.25, 0.3) is 5.91 Å². The normalized spacial score (nSPS) is 16.1. The molecule has 0 radical (unpaired) electrons. The predicted octanol–water partition coefficient (Wildman–Crippen LogP) is 6.52. The summed E-state index contributed by atoms with van der Waals surface area (Å²) in [4.78, 5) is 46.6. The standard InChI is InChI=1S/C43H55N7O9/c1-42(2,3)59-41(54)50-20-16-43(17-21-50,40-46-38(48-49-40)30-13-18-44-19-14-30)47-32-10-7-9-31(27-32)39(53)45-35-15-26-58-36-12-11-33(28-34(35)36)57-25-6-4-5-22-55-23-8-24-56-29-37(51)52/h7,9-14,18-19,27-28,35,47H,4-6,8,15-17,20-26,29H2,1-3H3,(H,45,53)(H,51,52)(H,46,48,49)/t35-/m1/s1. The van der Waals surface area contributed by atoms with Crippen molar-refractivity contribution in [1.82, 2.24) is 30.4 Å². The second kappa shape index (κ2) is 20.3. The molecule has 2 aromatic carbocycles. The maximum atomic E-state index is 13.9. The van der Waals surface area contributed by atoms with Crippen LogP contribution in [0.3, 0.4) is 0 Å². The van der Waals surface area contributed by atoms with E-state index in [1.807, 2.05) is 69.3 Å². The van der Waals surface area contributed by atoms with Crippen molar-refractivity contribution in [1.29, 1.82) is 0 Å². The molecule has 0 unspecified atom stereocenters. The van der Waals surface area contributed by atoms with Gasteiger partial charge in [0.1, 0.15) is 29.2 Å². The van der Waals surface area contributed by atoms with Crippen LogP contribution in [0.1, 0.15) is 93.5 Å². The first-order valence-corrected chi connectivity index (χ1v) is 20.3. The molecule has 0 spiro atoms. The number of fused-ring (bicyclic) bond motifs is 1. The van der Waals surface area contributed by atoms with E-state index < -0.39 is 17.1 Å². The minimum atomic E-state index is -0.974. The third-order valence-electron chi connectivity index (χ3n) is 10.0. The zero-order valence-corrected chi connectivity index (χ0v) is 34.0. The number of carbonyl (C=O) groups is 3. The summed E-state index contributed by atoms with van der Waals surface area (Å²) in [6.45, 7) is 8.65. The summed E-state index contributed by atoms with van der Waals surface area (Å²) in [5.41, 5.74) is 1.59. The second-order valence-electron chi connectivity index (χ2n) is 15.7. The molecule has 4 heterocycles. The second-order valence-corrected chi connectivity index (χ2v) is 15.7. The maximum absolute atomic E-state index is 13.9. The van der Waals surface area contributed by atoms with Crippen LogP contribution >= 0.6 is 0 Å². The molecule has 16 heteroatoms. The summed E-state index contributed by atoms with van der Waals surface area (Å²) in [5, 5.41) is 24.5. The minimum Gasteiger partial charge on any atom is -0.494 e. The molecule has 59 heavy (non-hydrogen) atoms. The SMILES string of the molecule is CC(C)(C)OC(=O)N1CCC(Nc2cccc(C(=O)N[C@@H]3CCOc4ccc(OCCCCCOCCCOCC(=O)O)cc43)c2)(c2nnc(-c3ccncc3)[nH]2)CC1. The number of carboxylic acid groups (broad SMARTS) is 1. The van der Waals surface area contributed by atoms with Crippen LogP contribution in [-0.4, -0.2) is 106 Å². The lowest BCUT2D eigenvalue weighted by molar-refractivity contribution is -0.142. The number of carbonyl (C=O) groups excluding carboxylic acids is 2. The van der Waals surface area contributed by atoms with Crippen LogP contribution < -0.4 is 20.1 Å². The molecule has 0 bridgehead atoms. The van der Waals surface area contributed by atoms with E-state index in [0.29, 0.717) is 101 Å². The lowest BCUT2D eigenvalue weighted by Gasteiger charge is -2.41. The minimum absolute atomic E-state index is 0.221. The van der Waals surface area contributed by atoms with Gasteiger partial charge in [0, 0.05) is 74.1 Å². The Bertz CT molecular complexity index is 1990. The zero-order chi connectivity index (χ0) is 41.7. The molecule has 2 aliphatic heterocycles. The molecule has 1 saturated heterocycles. The number of aromatic amines is 1. The molecular formula is C43H55N7O9. The Morgan fingerprint density at radius 2 is 1.69 bits per heavy atom. The quantitative estimate of drug-likeness (QED) is 0.0748. The third kappa shape index (κ3) is 12.4. The van der Waals surface area contributed by atoms with Crippen LogP contribution in [0.5, 0.6) is 11.5 Å². The number of nitrogens with one attached hydrogen (secondary N) is 3. The van der Waals surface area contributed by atoms with Crippen LogP contribution in [0.4, 0.5) is 10.5 Å². The molecule has 1 fully saturated rings. The van der Waals surface area contributed by atoms with Crippen molar-refractivity contribution in [2.45, 2.75) is 82.9 Å². The van der Waals surface area contributed by atoms with Crippen LogP contribution in [-0.2, 0) is 24.5 Å². The molecule has 1 atom stereocenters. The van der Waals surface area contributed by atoms with Gasteiger partial charge in [0.2, 0.25) is 0 Å². The number of unbranched alkanes of at least 4 members (excludes halogenated alkanes) is 2. The molecule has 6 rings (SSSR count). The van der Waals surface area contributed by atoms with E-state index >= 15 is 0 Å². The van der Waals surface area contributed by atoms with E-state index in [-0.39, 0.29) is 24.6 Å². The summed E-state index contributed by atoms with van der Waals surface area (Å²) in [7, 11) is 0. The number of H-pyrrole nitrogens is 1. The molecule has 0 saturated carbocycles. The Labute approximate surface area is 344 Å². The number of nitrogens with zero attached hydrogens (tertiary/aromatic N) is 4. The topological polar surface area (TPSA) is 199 Å². The van der Waals surface area contributed by atoms with Crippen LogP contribution in [0.2, 0.25) is 0 Å². The number of carboxylic acids is 1. The fraction of sp³-hybridized carbons (Fsp3) is 0.488. The molecule has 4 aromatic rings. The molecule has 4 N–H and O–H groups in total. The fourth-order valence-corrected chi connectivity index (χ4v) is 7.00. The predicted molar refractivity (Wildman–Crippen MR) is 218 cm³/mol. The summed E-state index contributed by atoms with van der Waals surface area (Å²) < 4.78 is 28.3. The monoisotopic (exact) mass is 813 g/mol. The summed E-state index contributed by atoms with van der Waals surface area (Å²) in [6, 6.07) is 16.5. The number of likely N-dealkylation sites (tertiary alicyclic amines) is 1. The Kier molecular flexibility index (Phi) is 14.7. The first-order valence-electron chi connectivity index (χ1n) is 20.3. The van der Waals surface area contributed by atoms with Gasteiger partial charge in [-0.15, -0.1) is 10.2 Å². The molecule has 0 aliphatic carbocycles. The first kappa shape index (κ1) is 42.9. The van der Waals surface area contributed by atoms with E-state index in [2.05, 4.69) is 30.8 Å². The lowest BCUT2D eigenvalue weighted by atomic mass is 9.86. The highest BCUT2D eigenvalue weighted by Gasteiger charge is 2.41. The van der Waals surface area contributed by atoms with Crippen LogP contribution in [0.15, 0.2) is 67.0 Å². The van der Waals surface area contributed by atoms with Crippen LogP contribution in [0.25, 0.3) is 11.4 Å². The van der Waals surface area contributed by atoms with Gasteiger partial charge in [-0.2, -0.15) is 0 Å². The number of aromatic nitrogens is 4. The number of ether oxygens (including phenoxy) is 5. The number of pyridine rings is 1. The van der Waals surface area contributed by atoms with E-state index in [1.54, 1.807) is 23.4 Å². The van der Waals surface area contributed by atoms with E-state index in [4.69, 9.17) is 28.8 Å². The maximum Gasteiger partial charge on any atom is 0.410 e. The summed E-state index contributed by atoms with van der Waals surface area (Å²) in [6.07, 6.45) is 8.02. The highest BCUT2D eigenvalue weighted by atomic mass is 16.6. The molecule has 2 amide bonds. The molecule has 2 aromatic heterocycles. The number of hydrogen-bond donors (Lipinski definition) is 4. The van der Waals surface area contributed by atoms with Gasteiger partial charge < -0.3 is 49.3 Å². The van der Waals surface area contributed by atoms with Gasteiger partial charge in [0.15, 0.2) is 11.6 Å². The fourth-order valence-electron chi connectivity index (χ4n) is 7.00. The number of amides is 2. The number of piperidine rings is 1. The third-order valence-corrected chi connectivity index (χ3v) is 10.0. The largest absolute Gasteiger partial charge is 0.494 e. The number of rotatable bonds is 19. The van der Waals surface area contributed by atoms with Crippen molar-refractivity contribution in [2.24, 2.45) is 0 Å². The molecule has 16 nitrogen and oxygen atoms in total. The van der Waals surface area contributed by atoms with E-state index in [1.165, 1.54) is 0 Å². The van der Waals surface area contributed by atoms with Crippen molar-refractivity contribution in [2.75, 3.05) is 58.0 Å². The van der Waals surface area contributed by atoms with Gasteiger partial charge in [-0.1, -0.05) is 6.07 Å². The summed E-state index contributed by atoms with van der Waals surface area (Å²) in [5.74, 6) is 1.46. The van der Waals surface area contributed by atoms with Gasteiger partial charge in [-0.05, 0) is 108 Å². The van der Waals surface area contributed by atoms with Crippen molar-refractivity contribution >= 4 is 23.7 Å². The highest BCUT2D eigenvalue weighted by Crippen LogP contribution is 2.37. The average molecular weight is 814 g/mol. The van der Waals surface area contributed by atoms with Gasteiger partial charge in [-0.25, -0.2) is 9.59 Å². The Morgan fingerprint density at radius 1 is 0.932 bits per heavy atom. The smallest absolute Gasteiger partial charge is 0.410 e. The van der Waals surface area contributed by atoms with Crippen molar-refractivity contribution in [3.63, 3.8) is 0 Å². The van der Waals surface area contributed by atoms with Crippen molar-refractivity contribution in [3.05, 3.63) is 83.9 Å². The molecule has 316 valence electrons. The summed E-state index contributed by atoms with van der Waals surface area (Å²) >= 11 is 0. The molecular weight excluding hydrogens is 759 g/mol. The number of anilines is 1. The highest BCUT2D eigenvalue weighted by molar-refractivity contribution is 5.95. The van der Waals surface area contributed by atoms with Crippen LogP contribution in [0, 0.1) is 0 Å². The van der Waals surface area contributed by atoms with E-state index in [0.717, 1.165) is 36.1 Å². The van der Waals surface area contributed by atoms with Gasteiger partial charge in [-0.3, -0.25) is 9.78 Å². The van der Waals surface area contributed by atoms with Gasteiger partial charge >= 0.3 is 12.1 Å². The van der Waals surface area contributed by atoms with Crippen molar-refractivity contribution < 1.29 is 43.2 Å². The Morgan fingerprint density at radius 3 is 2.47 bits per heavy atom. The Balaban J connectivity index is 1.06. The zero-order valence-electron chi connectivity index (χ0n) is 34.0. The van der Waals surface area contributed by atoms with Gasteiger partial charge in [0.05, 0.1) is 19.3 Å². The first-order chi connectivity index (χ1) is 28.5. The Hall–Kier alpha value is -5.74. The van der Waals surface area contributed by atoms with Crippen molar-refractivity contribution in [3.8, 4) is 22.9 Å². The molecule has 2 aliphatic rings. The number of aliphatic carboxylic acids is 1. The lowest BCUT2D eigenvalue weighted by Crippen LogP contribution is -2.50. The number of benzene rings is 2. The number of hydrogen-bond acceptors (Lipinski definition) is 12. The average Bonchev–Trinajstić information content (AvgIpc) is 3.73.